The Kier molecular flexibility index (Phi) is 9.65. The second-order valence-electron chi connectivity index (χ2n) is 5.15. The van der Waals surface area contributed by atoms with Crippen LogP contribution in [-0.2, 0) is 23.9 Å². The smallest absolute Gasteiger partial charge is 0.328 e. The highest BCUT2D eigenvalue weighted by molar-refractivity contribution is 6.25. The quantitative estimate of drug-likeness (QED) is 0.270. The highest BCUT2D eigenvalue weighted by atomic mass is 16.5. The maximum absolute atomic E-state index is 12.0. The molecule has 0 aliphatic carbocycles. The zero-order valence-corrected chi connectivity index (χ0v) is 13.4. The number of carbonyl (C=O) groups is 3. The van der Waals surface area contributed by atoms with Crippen molar-refractivity contribution in [2.45, 2.75) is 45.8 Å². The molecule has 0 radical (unpaired) electrons. The van der Waals surface area contributed by atoms with Gasteiger partial charge in [-0.2, -0.15) is 4.79 Å². The van der Waals surface area contributed by atoms with E-state index in [9.17, 15) is 14.4 Å². The summed E-state index contributed by atoms with van der Waals surface area (Å²) in [5.74, 6) is -1.87. The molecule has 0 bridgehead atoms. The molecule has 22 heavy (non-hydrogen) atoms. The van der Waals surface area contributed by atoms with Crippen LogP contribution in [0.3, 0.4) is 0 Å². The second-order valence-corrected chi connectivity index (χ2v) is 5.15. The van der Waals surface area contributed by atoms with E-state index in [0.717, 1.165) is 6.21 Å². The van der Waals surface area contributed by atoms with Crippen molar-refractivity contribution in [2.75, 3.05) is 13.7 Å². The average molecular weight is 313 g/mol. The van der Waals surface area contributed by atoms with Crippen LogP contribution >= 0.6 is 0 Å². The number of nitrogens with zero attached hydrogens (tertiary/aromatic N) is 2. The molecular weight excluding hydrogens is 290 g/mol. The number of nitrogens with one attached hydrogen (secondary N) is 1. The van der Waals surface area contributed by atoms with E-state index in [1.807, 2.05) is 0 Å². The summed E-state index contributed by atoms with van der Waals surface area (Å²) in [7, 11) is 1.47. The average Bonchev–Trinajstić information content (AvgIpc) is 2.42. The fraction of sp³-hybridized carbons (Fsp3) is 0.714. The largest absolute Gasteiger partial charge is 0.461 e. The predicted octanol–water partition coefficient (Wildman–Crippen LogP) is 0.355. The minimum Gasteiger partial charge on any atom is -0.461 e. The summed E-state index contributed by atoms with van der Waals surface area (Å²) in [6.07, 6.45) is 0.418. The van der Waals surface area contributed by atoms with Crippen LogP contribution in [0.5, 0.6) is 0 Å². The molecule has 0 aromatic rings. The predicted molar refractivity (Wildman–Crippen MR) is 78.1 cm³/mol. The van der Waals surface area contributed by atoms with Gasteiger partial charge in [0.15, 0.2) is 0 Å². The van der Waals surface area contributed by atoms with Crippen LogP contribution in [0.15, 0.2) is 0 Å². The minimum absolute atomic E-state index is 0.0547. The van der Waals surface area contributed by atoms with Gasteiger partial charge in [0.2, 0.25) is 11.7 Å². The molecule has 1 amide bonds. The Labute approximate surface area is 129 Å². The summed E-state index contributed by atoms with van der Waals surface area (Å²) >= 11 is 0. The molecular formula is C14H23N3O5. The van der Waals surface area contributed by atoms with Crippen LogP contribution in [0.1, 0.15) is 33.6 Å². The normalized spacial score (nSPS) is 13.0. The molecule has 8 nitrogen and oxygen atoms in total. The lowest BCUT2D eigenvalue weighted by Crippen LogP contribution is -2.45. The molecule has 0 aromatic carbocycles. The van der Waals surface area contributed by atoms with Crippen LogP contribution in [0, 0.1) is 5.92 Å². The molecule has 0 fully saturated rings. The van der Waals surface area contributed by atoms with E-state index in [2.05, 4.69) is 10.1 Å². The minimum atomic E-state index is -0.940. The van der Waals surface area contributed by atoms with Crippen LogP contribution < -0.4 is 5.32 Å². The molecule has 0 heterocycles. The zero-order valence-electron chi connectivity index (χ0n) is 13.4. The van der Waals surface area contributed by atoms with Crippen molar-refractivity contribution in [3.8, 4) is 0 Å². The van der Waals surface area contributed by atoms with Gasteiger partial charge in [-0.15, -0.1) is 0 Å². The van der Waals surface area contributed by atoms with Gasteiger partial charge in [0, 0.05) is 13.5 Å². The molecule has 0 aromatic heterocycles. The third-order valence-electron chi connectivity index (χ3n) is 2.70. The Bertz CT molecular complexity index is 444. The van der Waals surface area contributed by atoms with Crippen molar-refractivity contribution in [3.63, 3.8) is 0 Å². The lowest BCUT2D eigenvalue weighted by atomic mass is 10.1. The van der Waals surface area contributed by atoms with Gasteiger partial charge in [-0.1, -0.05) is 6.92 Å². The van der Waals surface area contributed by atoms with Gasteiger partial charge in [0.05, 0.1) is 18.6 Å². The van der Waals surface area contributed by atoms with E-state index in [-0.39, 0.29) is 31.5 Å². The molecule has 0 saturated carbocycles. The number of ether oxygens (including phenoxy) is 2. The van der Waals surface area contributed by atoms with Crippen molar-refractivity contribution in [1.29, 1.82) is 0 Å². The number of hydrogen-bond donors (Lipinski definition) is 1. The first-order valence-corrected chi connectivity index (χ1v) is 7.01. The number of amides is 1. The molecule has 2 atom stereocenters. The summed E-state index contributed by atoms with van der Waals surface area (Å²) in [5, 5.41) is 2.55. The lowest BCUT2D eigenvalue weighted by molar-refractivity contribution is -0.152. The van der Waals surface area contributed by atoms with Crippen LogP contribution in [0.25, 0.3) is 5.53 Å². The SMILES string of the molecule is COC[C@H](C)C(=O)N[C@@H](CCC(=O)C=[N+]=[N-])C(=O)OC(C)C. The van der Waals surface area contributed by atoms with Crippen LogP contribution in [-0.4, -0.2) is 54.5 Å². The van der Waals surface area contributed by atoms with Gasteiger partial charge in [-0.05, 0) is 20.3 Å². The summed E-state index contributed by atoms with van der Waals surface area (Å²) in [6, 6.07) is -0.940. The van der Waals surface area contributed by atoms with Crippen molar-refractivity contribution in [3.05, 3.63) is 5.53 Å². The Balaban J connectivity index is 4.77. The number of ketones is 1. The number of rotatable bonds is 10. The number of Topliss-reactive ketones (excluding diaryl/α,β-unsaturated/α-hetero) is 1. The lowest BCUT2D eigenvalue weighted by Gasteiger charge is -2.20. The topological polar surface area (TPSA) is 118 Å². The van der Waals surface area contributed by atoms with Crippen molar-refractivity contribution in [2.24, 2.45) is 5.92 Å². The third kappa shape index (κ3) is 8.28. The summed E-state index contributed by atoms with van der Waals surface area (Å²) in [6.45, 7) is 5.25. The number of carbonyl (C=O) groups excluding carboxylic acids is 3. The molecule has 0 rings (SSSR count). The van der Waals surface area contributed by atoms with Gasteiger partial charge < -0.3 is 20.3 Å². The summed E-state index contributed by atoms with van der Waals surface area (Å²) < 4.78 is 9.95. The maximum atomic E-state index is 12.0. The highest BCUT2D eigenvalue weighted by Gasteiger charge is 2.26. The molecule has 0 unspecified atom stereocenters. The Morgan fingerprint density at radius 1 is 1.27 bits per heavy atom. The molecule has 8 heteroatoms. The van der Waals surface area contributed by atoms with Gasteiger partial charge in [0.1, 0.15) is 6.04 Å². The van der Waals surface area contributed by atoms with E-state index in [1.165, 1.54) is 7.11 Å². The number of methoxy groups -OCH3 is 1. The fourth-order valence-electron chi connectivity index (χ4n) is 1.62. The van der Waals surface area contributed by atoms with E-state index in [0.29, 0.717) is 0 Å². The Morgan fingerprint density at radius 2 is 1.91 bits per heavy atom. The second kappa shape index (κ2) is 10.6. The van der Waals surface area contributed by atoms with Gasteiger partial charge >= 0.3 is 12.2 Å². The van der Waals surface area contributed by atoms with E-state index < -0.39 is 23.7 Å². The first-order chi connectivity index (χ1) is 10.3. The third-order valence-corrected chi connectivity index (χ3v) is 2.70. The summed E-state index contributed by atoms with van der Waals surface area (Å²) in [5.41, 5.74) is 8.28. The molecule has 124 valence electrons. The zero-order chi connectivity index (χ0) is 17.1. The Morgan fingerprint density at radius 3 is 2.41 bits per heavy atom. The van der Waals surface area contributed by atoms with E-state index >= 15 is 0 Å². The van der Waals surface area contributed by atoms with Crippen molar-refractivity contribution < 1.29 is 28.6 Å². The highest BCUT2D eigenvalue weighted by Crippen LogP contribution is 2.05. The fourth-order valence-corrected chi connectivity index (χ4v) is 1.62. The van der Waals surface area contributed by atoms with Gasteiger partial charge in [-0.3, -0.25) is 9.59 Å². The van der Waals surface area contributed by atoms with Crippen LogP contribution in [0.2, 0.25) is 0 Å². The Hall–Kier alpha value is -2.05. The van der Waals surface area contributed by atoms with Gasteiger partial charge in [-0.25, -0.2) is 4.79 Å². The first kappa shape index (κ1) is 19.9. The molecule has 0 aliphatic rings. The van der Waals surface area contributed by atoms with E-state index in [1.54, 1.807) is 20.8 Å². The maximum Gasteiger partial charge on any atom is 0.328 e. The summed E-state index contributed by atoms with van der Waals surface area (Å²) in [4.78, 5) is 37.9. The molecule has 0 saturated heterocycles. The molecule has 0 aliphatic heterocycles. The van der Waals surface area contributed by atoms with E-state index in [4.69, 9.17) is 15.0 Å². The standard InChI is InChI=1S/C14H23N3O5/c1-9(2)22-14(20)12(6-5-11(18)7-16-15)17-13(19)10(3)8-21-4/h7,9-10,12H,5-6,8H2,1-4H3,(H,17,19)/t10-,12-/m0/s1. The molecule has 1 N–H and O–H groups in total. The monoisotopic (exact) mass is 313 g/mol. The van der Waals surface area contributed by atoms with Crippen LogP contribution in [0.4, 0.5) is 0 Å². The molecule has 0 spiro atoms. The van der Waals surface area contributed by atoms with Crippen molar-refractivity contribution >= 4 is 23.9 Å². The van der Waals surface area contributed by atoms with Crippen molar-refractivity contribution in [1.82, 2.24) is 5.32 Å². The van der Waals surface area contributed by atoms with Gasteiger partial charge in [0.25, 0.3) is 0 Å². The number of esters is 1. The number of hydrogen-bond acceptors (Lipinski definition) is 5. The first-order valence-electron chi connectivity index (χ1n) is 7.01.